The highest BCUT2D eigenvalue weighted by Gasteiger charge is 2.24. The Labute approximate surface area is 117 Å². The first kappa shape index (κ1) is 13.9. The fraction of sp³-hybridized carbons (Fsp3) is 0.538. The maximum absolute atomic E-state index is 12.5. The zero-order valence-corrected chi connectivity index (χ0v) is 11.9. The van der Waals surface area contributed by atoms with Gasteiger partial charge in [-0.1, -0.05) is 11.6 Å². The average Bonchev–Trinajstić information content (AvgIpc) is 2.61. The van der Waals surface area contributed by atoms with Crippen LogP contribution >= 0.6 is 11.6 Å². The molecule has 1 aliphatic heterocycles. The van der Waals surface area contributed by atoms with Crippen LogP contribution in [0.2, 0.25) is 5.02 Å². The van der Waals surface area contributed by atoms with Crippen LogP contribution in [-0.2, 0) is 4.79 Å². The molecule has 1 aromatic heterocycles. The zero-order chi connectivity index (χ0) is 14.0. The van der Waals surface area contributed by atoms with Crippen molar-refractivity contribution < 1.29 is 9.59 Å². The van der Waals surface area contributed by atoms with Crippen molar-refractivity contribution in [2.45, 2.75) is 26.3 Å². The van der Waals surface area contributed by atoms with Crippen LogP contribution < -0.4 is 5.32 Å². The van der Waals surface area contributed by atoms with E-state index in [1.165, 1.54) is 0 Å². The lowest BCUT2D eigenvalue weighted by molar-refractivity contribution is -0.121. The molecule has 19 heavy (non-hydrogen) atoms. The highest BCUT2D eigenvalue weighted by atomic mass is 35.5. The number of amides is 2. The van der Waals surface area contributed by atoms with Gasteiger partial charge in [0.1, 0.15) is 5.69 Å². The summed E-state index contributed by atoms with van der Waals surface area (Å²) in [7, 11) is 0. The minimum absolute atomic E-state index is 0.111. The minimum atomic E-state index is -0.141. The van der Waals surface area contributed by atoms with Crippen molar-refractivity contribution in [3.05, 3.63) is 23.0 Å². The summed E-state index contributed by atoms with van der Waals surface area (Å²) in [6, 6.07) is 1.81. The molecule has 0 aliphatic carbocycles. The van der Waals surface area contributed by atoms with Gasteiger partial charge in [0.05, 0.1) is 11.6 Å². The van der Waals surface area contributed by atoms with Crippen LogP contribution in [0.5, 0.6) is 0 Å². The Morgan fingerprint density at radius 1 is 1.47 bits per heavy atom. The number of carbonyl (C=O) groups excluding carboxylic acids is 2. The maximum Gasteiger partial charge on any atom is 0.271 e. The van der Waals surface area contributed by atoms with Gasteiger partial charge in [-0.15, -0.1) is 0 Å². The minimum Gasteiger partial charge on any atom is -0.354 e. The van der Waals surface area contributed by atoms with Crippen molar-refractivity contribution in [2.75, 3.05) is 19.6 Å². The molecule has 2 heterocycles. The summed E-state index contributed by atoms with van der Waals surface area (Å²) in [4.78, 5) is 25.6. The van der Waals surface area contributed by atoms with Crippen molar-refractivity contribution in [3.63, 3.8) is 0 Å². The monoisotopic (exact) mass is 283 g/mol. The van der Waals surface area contributed by atoms with Gasteiger partial charge in [0.15, 0.2) is 0 Å². The van der Waals surface area contributed by atoms with E-state index in [1.807, 2.05) is 18.4 Å². The number of carbonyl (C=O) groups is 2. The molecule has 0 unspecified atom stereocenters. The van der Waals surface area contributed by atoms with Gasteiger partial charge in [-0.05, 0) is 26.3 Å². The largest absolute Gasteiger partial charge is 0.354 e. The van der Waals surface area contributed by atoms with Gasteiger partial charge >= 0.3 is 0 Å². The Bertz CT molecular complexity index is 496. The van der Waals surface area contributed by atoms with E-state index in [4.69, 9.17) is 11.6 Å². The maximum atomic E-state index is 12.5. The molecule has 0 aromatic carbocycles. The third-order valence-electron chi connectivity index (χ3n) is 3.14. The summed E-state index contributed by atoms with van der Waals surface area (Å²) in [5.41, 5.74) is 0.537. The summed E-state index contributed by atoms with van der Waals surface area (Å²) >= 11 is 5.98. The third-order valence-corrected chi connectivity index (χ3v) is 3.35. The molecule has 0 atom stereocenters. The fourth-order valence-electron chi connectivity index (χ4n) is 2.19. The lowest BCUT2D eigenvalue weighted by Crippen LogP contribution is -2.38. The molecule has 2 rings (SSSR count). The van der Waals surface area contributed by atoms with Crippen LogP contribution in [0.3, 0.4) is 0 Å². The van der Waals surface area contributed by atoms with Crippen molar-refractivity contribution in [3.8, 4) is 0 Å². The van der Waals surface area contributed by atoms with Gasteiger partial charge < -0.3 is 14.8 Å². The van der Waals surface area contributed by atoms with E-state index in [0.29, 0.717) is 23.8 Å². The van der Waals surface area contributed by atoms with E-state index in [2.05, 4.69) is 5.32 Å². The number of aromatic nitrogens is 1. The summed E-state index contributed by atoms with van der Waals surface area (Å²) in [6.07, 6.45) is 2.52. The van der Waals surface area contributed by atoms with E-state index >= 15 is 0 Å². The molecular weight excluding hydrogens is 266 g/mol. The van der Waals surface area contributed by atoms with Crippen LogP contribution in [0.1, 0.15) is 36.8 Å². The summed E-state index contributed by atoms with van der Waals surface area (Å²) in [6.45, 7) is 5.29. The molecule has 0 radical (unpaired) electrons. The molecule has 1 aliphatic rings. The molecule has 1 fully saturated rings. The van der Waals surface area contributed by atoms with Crippen molar-refractivity contribution in [1.82, 2.24) is 14.8 Å². The van der Waals surface area contributed by atoms with Gasteiger partial charge in [-0.2, -0.15) is 0 Å². The van der Waals surface area contributed by atoms with E-state index < -0.39 is 0 Å². The molecule has 1 aromatic rings. The number of nitrogens with zero attached hydrogens (tertiary/aromatic N) is 2. The van der Waals surface area contributed by atoms with Crippen LogP contribution in [0.4, 0.5) is 0 Å². The number of rotatable bonds is 2. The smallest absolute Gasteiger partial charge is 0.271 e. The van der Waals surface area contributed by atoms with Crippen molar-refractivity contribution >= 4 is 23.4 Å². The number of hydrogen-bond acceptors (Lipinski definition) is 2. The first-order chi connectivity index (χ1) is 8.99. The second-order valence-corrected chi connectivity index (χ2v) is 5.41. The van der Waals surface area contributed by atoms with Crippen molar-refractivity contribution in [1.29, 1.82) is 0 Å². The summed E-state index contributed by atoms with van der Waals surface area (Å²) < 4.78 is 1.84. The second-order valence-electron chi connectivity index (χ2n) is 4.97. The Morgan fingerprint density at radius 2 is 2.21 bits per heavy atom. The molecule has 5 nitrogen and oxygen atoms in total. The first-order valence-electron chi connectivity index (χ1n) is 6.42. The Kier molecular flexibility index (Phi) is 4.14. The second kappa shape index (κ2) is 5.65. The van der Waals surface area contributed by atoms with E-state index in [9.17, 15) is 9.59 Å². The first-order valence-corrected chi connectivity index (χ1v) is 6.80. The summed E-state index contributed by atoms with van der Waals surface area (Å²) in [5, 5.41) is 3.30. The molecular formula is C13H18ClN3O2. The van der Waals surface area contributed by atoms with Crippen LogP contribution in [0.15, 0.2) is 12.3 Å². The zero-order valence-electron chi connectivity index (χ0n) is 11.1. The fourth-order valence-corrected chi connectivity index (χ4v) is 2.39. The van der Waals surface area contributed by atoms with E-state index in [1.54, 1.807) is 17.2 Å². The van der Waals surface area contributed by atoms with Crippen LogP contribution in [0.25, 0.3) is 0 Å². The van der Waals surface area contributed by atoms with Crippen LogP contribution in [0, 0.1) is 0 Å². The molecule has 1 saturated heterocycles. The summed E-state index contributed by atoms with van der Waals surface area (Å²) in [5.74, 6) is -0.253. The Balaban J connectivity index is 2.25. The van der Waals surface area contributed by atoms with Gasteiger partial charge in [-0.25, -0.2) is 0 Å². The standard InChI is InChI=1S/C13H18ClN3O2/c1-9(2)17-7-10(14)6-11(17)13(19)16-5-3-4-15-12(18)8-16/h6-7,9H,3-5,8H2,1-2H3,(H,15,18). The average molecular weight is 284 g/mol. The molecule has 2 amide bonds. The highest BCUT2D eigenvalue weighted by molar-refractivity contribution is 6.31. The lowest BCUT2D eigenvalue weighted by atomic mass is 10.3. The number of nitrogens with one attached hydrogen (secondary N) is 1. The predicted octanol–water partition coefficient (Wildman–Crippen LogP) is 1.68. The number of halogens is 1. The van der Waals surface area contributed by atoms with Gasteiger partial charge in [0.2, 0.25) is 5.91 Å². The molecule has 0 bridgehead atoms. The molecule has 0 spiro atoms. The van der Waals surface area contributed by atoms with E-state index in [-0.39, 0.29) is 24.4 Å². The molecule has 0 saturated carbocycles. The highest BCUT2D eigenvalue weighted by Crippen LogP contribution is 2.20. The Morgan fingerprint density at radius 3 is 2.89 bits per heavy atom. The lowest BCUT2D eigenvalue weighted by Gasteiger charge is -2.21. The quantitative estimate of drug-likeness (QED) is 0.898. The molecule has 104 valence electrons. The van der Waals surface area contributed by atoms with Gasteiger partial charge in [0, 0.05) is 25.3 Å². The SMILES string of the molecule is CC(C)n1cc(Cl)cc1C(=O)N1CCCNC(=O)C1. The number of hydrogen-bond donors (Lipinski definition) is 1. The van der Waals surface area contributed by atoms with Gasteiger partial charge in [0.25, 0.3) is 5.91 Å². The van der Waals surface area contributed by atoms with E-state index in [0.717, 1.165) is 6.42 Å². The predicted molar refractivity (Wildman–Crippen MR) is 73.4 cm³/mol. The third kappa shape index (κ3) is 3.10. The Hall–Kier alpha value is -1.49. The topological polar surface area (TPSA) is 54.3 Å². The van der Waals surface area contributed by atoms with Crippen LogP contribution in [-0.4, -0.2) is 40.9 Å². The molecule has 6 heteroatoms. The van der Waals surface area contributed by atoms with Gasteiger partial charge in [-0.3, -0.25) is 9.59 Å². The normalized spacial score (nSPS) is 16.4. The van der Waals surface area contributed by atoms with Crippen molar-refractivity contribution in [2.24, 2.45) is 0 Å². The molecule has 1 N–H and O–H groups in total.